The summed E-state index contributed by atoms with van der Waals surface area (Å²) >= 11 is 0. The van der Waals surface area contributed by atoms with Crippen molar-refractivity contribution in [3.63, 3.8) is 0 Å². The summed E-state index contributed by atoms with van der Waals surface area (Å²) in [6.07, 6.45) is 0. The highest BCUT2D eigenvalue weighted by Gasteiger charge is 2.20. The molecule has 3 rings (SSSR count). The number of imidazole rings is 1. The van der Waals surface area contributed by atoms with Gasteiger partial charge in [0.25, 0.3) is 0 Å². The lowest BCUT2D eigenvalue weighted by atomic mass is 10.2. The van der Waals surface area contributed by atoms with Crippen LogP contribution in [0.1, 0.15) is 10.4 Å². The normalized spacial score (nSPS) is 15.1. The topological polar surface area (TPSA) is 64.1 Å². The molecule has 0 aliphatic carbocycles. The van der Waals surface area contributed by atoms with Crippen LogP contribution in [0.25, 0.3) is 11.0 Å². The highest BCUT2D eigenvalue weighted by Crippen LogP contribution is 2.19. The van der Waals surface area contributed by atoms with E-state index >= 15 is 0 Å². The van der Waals surface area contributed by atoms with E-state index in [1.807, 2.05) is 0 Å². The molecule has 1 N–H and O–H groups in total. The van der Waals surface area contributed by atoms with Crippen molar-refractivity contribution in [1.29, 1.82) is 0 Å². The van der Waals surface area contributed by atoms with Gasteiger partial charge in [-0.25, -0.2) is 9.59 Å². The number of aromatic nitrogens is 2. The maximum Gasteiger partial charge on any atom is 0.340 e. The van der Waals surface area contributed by atoms with E-state index in [1.54, 1.807) is 18.2 Å². The number of cyclic esters (lactones) is 1. The Balaban J connectivity index is 2.52. The van der Waals surface area contributed by atoms with Crippen molar-refractivity contribution < 1.29 is 9.53 Å². The third-order valence-corrected chi connectivity index (χ3v) is 2.56. The van der Waals surface area contributed by atoms with E-state index in [1.165, 1.54) is 4.57 Å². The lowest BCUT2D eigenvalue weighted by Crippen LogP contribution is -2.18. The number of rotatable bonds is 0. The Labute approximate surface area is 84.3 Å². The van der Waals surface area contributed by atoms with Crippen molar-refractivity contribution in [2.24, 2.45) is 0 Å². The number of hydrogen-bond donors (Lipinski definition) is 1. The molecule has 0 unspecified atom stereocenters. The fourth-order valence-corrected chi connectivity index (χ4v) is 1.90. The Morgan fingerprint density at radius 1 is 1.33 bits per heavy atom. The zero-order valence-electron chi connectivity index (χ0n) is 7.82. The fourth-order valence-electron chi connectivity index (χ4n) is 1.90. The van der Waals surface area contributed by atoms with E-state index in [0.29, 0.717) is 23.1 Å². The minimum Gasteiger partial charge on any atom is -0.460 e. The number of esters is 1. The maximum atomic E-state index is 11.6. The largest absolute Gasteiger partial charge is 0.460 e. The van der Waals surface area contributed by atoms with E-state index in [9.17, 15) is 9.59 Å². The minimum absolute atomic E-state index is 0.198. The van der Waals surface area contributed by atoms with E-state index in [2.05, 4.69) is 4.98 Å². The van der Waals surface area contributed by atoms with E-state index in [-0.39, 0.29) is 18.3 Å². The molecule has 15 heavy (non-hydrogen) atoms. The van der Waals surface area contributed by atoms with Crippen LogP contribution in [-0.4, -0.2) is 22.1 Å². The molecular weight excluding hydrogens is 196 g/mol. The maximum absolute atomic E-state index is 11.6. The highest BCUT2D eigenvalue weighted by atomic mass is 16.5. The summed E-state index contributed by atoms with van der Waals surface area (Å²) in [4.78, 5) is 25.8. The van der Waals surface area contributed by atoms with Gasteiger partial charge in [-0.3, -0.25) is 4.57 Å². The van der Waals surface area contributed by atoms with Crippen LogP contribution in [0.2, 0.25) is 0 Å². The van der Waals surface area contributed by atoms with Crippen LogP contribution in [0, 0.1) is 0 Å². The van der Waals surface area contributed by atoms with Crippen molar-refractivity contribution in [1.82, 2.24) is 9.55 Å². The molecule has 5 heteroatoms. The summed E-state index contributed by atoms with van der Waals surface area (Å²) in [5.41, 5.74) is 1.57. The number of carbonyl (C=O) groups is 1. The summed E-state index contributed by atoms with van der Waals surface area (Å²) in [5, 5.41) is 0. The second-order valence-corrected chi connectivity index (χ2v) is 3.42. The second kappa shape index (κ2) is 2.73. The van der Waals surface area contributed by atoms with Crippen LogP contribution in [0.3, 0.4) is 0 Å². The molecule has 0 spiro atoms. The smallest absolute Gasteiger partial charge is 0.340 e. The van der Waals surface area contributed by atoms with Gasteiger partial charge in [-0.05, 0) is 12.1 Å². The summed E-state index contributed by atoms with van der Waals surface area (Å²) < 4.78 is 6.51. The van der Waals surface area contributed by atoms with Crippen LogP contribution < -0.4 is 5.69 Å². The molecule has 76 valence electrons. The van der Waals surface area contributed by atoms with Gasteiger partial charge in [0, 0.05) is 0 Å². The van der Waals surface area contributed by atoms with Crippen molar-refractivity contribution in [3.05, 3.63) is 34.2 Å². The Kier molecular flexibility index (Phi) is 1.50. The quantitative estimate of drug-likeness (QED) is 0.635. The average Bonchev–Trinajstić information content (AvgIpc) is 2.43. The molecule has 1 aromatic carbocycles. The van der Waals surface area contributed by atoms with Crippen LogP contribution >= 0.6 is 0 Å². The SMILES string of the molecule is O=C1OCCn2c(=O)[nH]c3cccc1c32. The van der Waals surface area contributed by atoms with Crippen molar-refractivity contribution in [2.75, 3.05) is 6.61 Å². The summed E-state index contributed by atoms with van der Waals surface area (Å²) in [6, 6.07) is 5.17. The van der Waals surface area contributed by atoms with Gasteiger partial charge in [0.15, 0.2) is 0 Å². The molecule has 0 fully saturated rings. The Bertz CT molecular complexity index is 609. The van der Waals surface area contributed by atoms with E-state index in [4.69, 9.17) is 4.74 Å². The molecule has 5 nitrogen and oxygen atoms in total. The van der Waals surface area contributed by atoms with E-state index < -0.39 is 0 Å². The zero-order chi connectivity index (χ0) is 10.4. The molecule has 2 heterocycles. The number of carbonyl (C=O) groups excluding carboxylic acids is 1. The van der Waals surface area contributed by atoms with E-state index in [0.717, 1.165) is 0 Å². The van der Waals surface area contributed by atoms with Gasteiger partial charge in [-0.2, -0.15) is 0 Å². The van der Waals surface area contributed by atoms with Gasteiger partial charge in [-0.15, -0.1) is 0 Å². The average molecular weight is 204 g/mol. The molecule has 0 bridgehead atoms. The monoisotopic (exact) mass is 204 g/mol. The predicted molar refractivity (Wildman–Crippen MR) is 52.8 cm³/mol. The van der Waals surface area contributed by atoms with Gasteiger partial charge >= 0.3 is 11.7 Å². The summed E-state index contributed by atoms with van der Waals surface area (Å²) in [7, 11) is 0. The first-order valence-corrected chi connectivity index (χ1v) is 4.66. The minimum atomic E-state index is -0.370. The molecule has 1 aliphatic heterocycles. The van der Waals surface area contributed by atoms with Crippen LogP contribution in [0.5, 0.6) is 0 Å². The molecule has 0 saturated carbocycles. The van der Waals surface area contributed by atoms with Crippen LogP contribution in [-0.2, 0) is 11.3 Å². The molecule has 1 aromatic heterocycles. The molecule has 0 atom stereocenters. The number of para-hydroxylation sites is 1. The lowest BCUT2D eigenvalue weighted by molar-refractivity contribution is 0.0505. The van der Waals surface area contributed by atoms with Gasteiger partial charge in [-0.1, -0.05) is 6.07 Å². The number of nitrogens with one attached hydrogen (secondary N) is 1. The van der Waals surface area contributed by atoms with Crippen LogP contribution in [0.15, 0.2) is 23.0 Å². The Morgan fingerprint density at radius 2 is 2.20 bits per heavy atom. The Hall–Kier alpha value is -2.04. The Morgan fingerprint density at radius 3 is 3.07 bits per heavy atom. The number of H-pyrrole nitrogens is 1. The highest BCUT2D eigenvalue weighted by molar-refractivity contribution is 6.02. The molecule has 0 amide bonds. The number of aromatic amines is 1. The molecule has 2 aromatic rings. The first-order chi connectivity index (χ1) is 7.27. The first kappa shape index (κ1) is 8.28. The van der Waals surface area contributed by atoms with Gasteiger partial charge in [0.05, 0.1) is 23.1 Å². The molecule has 0 radical (unpaired) electrons. The third kappa shape index (κ3) is 1.03. The molecule has 0 saturated heterocycles. The molecular formula is C10H8N2O3. The summed E-state index contributed by atoms with van der Waals surface area (Å²) in [6.45, 7) is 0.641. The van der Waals surface area contributed by atoms with Crippen molar-refractivity contribution >= 4 is 17.0 Å². The predicted octanol–water partition coefficient (Wildman–Crippen LogP) is 0.500. The summed E-state index contributed by atoms with van der Waals surface area (Å²) in [5.74, 6) is -0.370. The van der Waals surface area contributed by atoms with Crippen LogP contribution in [0.4, 0.5) is 0 Å². The fraction of sp³-hybridized carbons (Fsp3) is 0.200. The number of benzene rings is 1. The third-order valence-electron chi connectivity index (χ3n) is 2.56. The number of hydrogen-bond acceptors (Lipinski definition) is 3. The second-order valence-electron chi connectivity index (χ2n) is 3.42. The number of nitrogens with zero attached hydrogens (tertiary/aromatic N) is 1. The first-order valence-electron chi connectivity index (χ1n) is 4.66. The zero-order valence-corrected chi connectivity index (χ0v) is 7.82. The van der Waals surface area contributed by atoms with Gasteiger partial charge in [0.2, 0.25) is 0 Å². The van der Waals surface area contributed by atoms with Crippen molar-refractivity contribution in [2.45, 2.75) is 6.54 Å². The van der Waals surface area contributed by atoms with Gasteiger partial charge in [0.1, 0.15) is 6.61 Å². The standard InChI is InChI=1S/C10H8N2O3/c13-9-6-2-1-3-7-8(6)12(4-5-15-9)10(14)11-7/h1-3H,4-5H2,(H,11,14). The number of ether oxygens (including phenoxy) is 1. The van der Waals surface area contributed by atoms with Crippen molar-refractivity contribution in [3.8, 4) is 0 Å². The van der Waals surface area contributed by atoms with Gasteiger partial charge < -0.3 is 9.72 Å². The molecule has 1 aliphatic rings. The lowest BCUT2D eigenvalue weighted by Gasteiger charge is -1.98.